The number of ether oxygens (including phenoxy) is 1. The highest BCUT2D eigenvalue weighted by molar-refractivity contribution is 7.14. The Balaban J connectivity index is 1.70. The number of hydrogen-bond donors (Lipinski definition) is 2. The molecule has 0 radical (unpaired) electrons. The Labute approximate surface area is 164 Å². The van der Waals surface area contributed by atoms with Crippen LogP contribution < -0.4 is 10.2 Å². The molecule has 1 aromatic heterocycles. The summed E-state index contributed by atoms with van der Waals surface area (Å²) in [5, 5.41) is 17.5. The third kappa shape index (κ3) is 4.46. The SMILES string of the molecule is CCOc1cc(/C=N\Nc2nc(-c3ccc(Cl)cc3)cs2)cc(Cl)c1O. The molecule has 2 N–H and O–H groups in total. The van der Waals surface area contributed by atoms with Gasteiger partial charge in [0.1, 0.15) is 0 Å². The van der Waals surface area contributed by atoms with Gasteiger partial charge in [0, 0.05) is 16.0 Å². The summed E-state index contributed by atoms with van der Waals surface area (Å²) < 4.78 is 5.35. The molecule has 0 saturated heterocycles. The number of halogens is 2. The summed E-state index contributed by atoms with van der Waals surface area (Å²) in [5.74, 6) is 0.242. The predicted molar refractivity (Wildman–Crippen MR) is 108 cm³/mol. The molecule has 0 bridgehead atoms. The molecule has 0 atom stereocenters. The normalized spacial score (nSPS) is 11.0. The van der Waals surface area contributed by atoms with Gasteiger partial charge in [-0.25, -0.2) is 4.98 Å². The van der Waals surface area contributed by atoms with Crippen LogP contribution in [0.1, 0.15) is 12.5 Å². The number of hydrogen-bond acceptors (Lipinski definition) is 6. The van der Waals surface area contributed by atoms with E-state index >= 15 is 0 Å². The quantitative estimate of drug-likeness (QED) is 0.408. The van der Waals surface area contributed by atoms with Crippen LogP contribution in [0.25, 0.3) is 11.3 Å². The average molecular weight is 408 g/mol. The topological polar surface area (TPSA) is 66.7 Å². The molecule has 0 fully saturated rings. The van der Waals surface area contributed by atoms with Crippen molar-refractivity contribution in [3.05, 3.63) is 57.4 Å². The summed E-state index contributed by atoms with van der Waals surface area (Å²) in [6.45, 7) is 2.26. The van der Waals surface area contributed by atoms with Crippen molar-refractivity contribution in [1.29, 1.82) is 0 Å². The molecule has 5 nitrogen and oxygen atoms in total. The maximum Gasteiger partial charge on any atom is 0.203 e. The Morgan fingerprint density at radius 3 is 2.77 bits per heavy atom. The summed E-state index contributed by atoms with van der Waals surface area (Å²) in [5.41, 5.74) is 5.40. The first kappa shape index (κ1) is 18.5. The lowest BCUT2D eigenvalue weighted by atomic mass is 10.2. The first-order chi connectivity index (χ1) is 12.6. The molecular formula is C18H15Cl2N3O2S. The maximum absolute atomic E-state index is 9.85. The van der Waals surface area contributed by atoms with E-state index in [1.807, 2.05) is 36.6 Å². The molecule has 1 heterocycles. The van der Waals surface area contributed by atoms with Crippen molar-refractivity contribution in [3.8, 4) is 22.8 Å². The summed E-state index contributed by atoms with van der Waals surface area (Å²) in [6.07, 6.45) is 1.58. The number of thiazole rings is 1. The van der Waals surface area contributed by atoms with Crippen molar-refractivity contribution in [2.45, 2.75) is 6.92 Å². The van der Waals surface area contributed by atoms with Gasteiger partial charge >= 0.3 is 0 Å². The molecule has 2 aromatic carbocycles. The van der Waals surface area contributed by atoms with Crippen molar-refractivity contribution in [3.63, 3.8) is 0 Å². The van der Waals surface area contributed by atoms with Crippen LogP contribution in [0.3, 0.4) is 0 Å². The fourth-order valence-electron chi connectivity index (χ4n) is 2.17. The van der Waals surface area contributed by atoms with Gasteiger partial charge in [-0.05, 0) is 36.8 Å². The van der Waals surface area contributed by atoms with Crippen molar-refractivity contribution < 1.29 is 9.84 Å². The number of hydrazone groups is 1. The van der Waals surface area contributed by atoms with Crippen LogP contribution in [-0.2, 0) is 0 Å². The number of rotatable bonds is 6. The van der Waals surface area contributed by atoms with Crippen molar-refractivity contribution >= 4 is 45.9 Å². The Kier molecular flexibility index (Phi) is 5.98. The third-order valence-electron chi connectivity index (χ3n) is 3.37. The molecule has 0 aliphatic heterocycles. The van der Waals surface area contributed by atoms with Gasteiger partial charge in [0.2, 0.25) is 5.13 Å². The zero-order valence-electron chi connectivity index (χ0n) is 13.7. The number of phenols is 1. The lowest BCUT2D eigenvalue weighted by Crippen LogP contribution is -1.95. The van der Waals surface area contributed by atoms with Crippen LogP contribution in [-0.4, -0.2) is 22.9 Å². The van der Waals surface area contributed by atoms with Crippen LogP contribution in [0.4, 0.5) is 5.13 Å². The second-order valence-electron chi connectivity index (χ2n) is 5.20. The number of anilines is 1. The monoisotopic (exact) mass is 407 g/mol. The molecule has 3 aromatic rings. The molecule has 0 amide bonds. The van der Waals surface area contributed by atoms with Gasteiger partial charge in [0.15, 0.2) is 11.5 Å². The predicted octanol–water partition coefficient (Wildman–Crippen LogP) is 5.67. The highest BCUT2D eigenvalue weighted by atomic mass is 35.5. The van der Waals surface area contributed by atoms with E-state index in [9.17, 15) is 5.11 Å². The smallest absolute Gasteiger partial charge is 0.203 e. The van der Waals surface area contributed by atoms with Gasteiger partial charge in [-0.3, -0.25) is 5.43 Å². The van der Waals surface area contributed by atoms with Crippen LogP contribution in [0, 0.1) is 0 Å². The molecule has 8 heteroatoms. The first-order valence-corrected chi connectivity index (χ1v) is 9.36. The first-order valence-electron chi connectivity index (χ1n) is 7.72. The highest BCUT2D eigenvalue weighted by Gasteiger charge is 2.09. The zero-order valence-corrected chi connectivity index (χ0v) is 16.1. The number of benzene rings is 2. The summed E-state index contributed by atoms with van der Waals surface area (Å²) in [7, 11) is 0. The number of aromatic nitrogens is 1. The van der Waals surface area contributed by atoms with Crippen molar-refractivity contribution in [1.82, 2.24) is 4.98 Å². The third-order valence-corrected chi connectivity index (χ3v) is 4.66. The molecule has 134 valence electrons. The van der Waals surface area contributed by atoms with Gasteiger partial charge in [0.25, 0.3) is 0 Å². The van der Waals surface area contributed by atoms with Crippen molar-refractivity contribution in [2.24, 2.45) is 5.10 Å². The Morgan fingerprint density at radius 1 is 1.27 bits per heavy atom. The fourth-order valence-corrected chi connectivity index (χ4v) is 3.19. The van der Waals surface area contributed by atoms with E-state index in [-0.39, 0.29) is 10.8 Å². The Bertz CT molecular complexity index is 927. The van der Waals surface area contributed by atoms with Crippen molar-refractivity contribution in [2.75, 3.05) is 12.0 Å². The summed E-state index contributed by atoms with van der Waals surface area (Å²) >= 11 is 13.3. The second kappa shape index (κ2) is 8.40. The zero-order chi connectivity index (χ0) is 18.5. The molecular weight excluding hydrogens is 393 g/mol. The van der Waals surface area contributed by atoms with E-state index in [0.717, 1.165) is 11.3 Å². The van der Waals surface area contributed by atoms with E-state index in [0.29, 0.717) is 28.1 Å². The van der Waals surface area contributed by atoms with Gasteiger partial charge in [-0.2, -0.15) is 5.10 Å². The Hall–Kier alpha value is -2.28. The van der Waals surface area contributed by atoms with E-state index in [2.05, 4.69) is 15.5 Å². The molecule has 0 unspecified atom stereocenters. The van der Waals surface area contributed by atoms with E-state index in [1.165, 1.54) is 11.3 Å². The van der Waals surface area contributed by atoms with Gasteiger partial charge in [0.05, 0.1) is 23.5 Å². The lowest BCUT2D eigenvalue weighted by molar-refractivity contribution is 0.318. The van der Waals surface area contributed by atoms with Gasteiger partial charge < -0.3 is 9.84 Å². The molecule has 0 spiro atoms. The number of aromatic hydroxyl groups is 1. The van der Waals surface area contributed by atoms with E-state index < -0.39 is 0 Å². The highest BCUT2D eigenvalue weighted by Crippen LogP contribution is 2.34. The summed E-state index contributed by atoms with van der Waals surface area (Å²) in [4.78, 5) is 4.48. The molecule has 0 saturated carbocycles. The minimum atomic E-state index is -0.0776. The average Bonchev–Trinajstić information content (AvgIpc) is 3.09. The van der Waals surface area contributed by atoms with Crippen LogP contribution in [0.15, 0.2) is 46.9 Å². The largest absolute Gasteiger partial charge is 0.503 e. The van der Waals surface area contributed by atoms with E-state index in [4.69, 9.17) is 27.9 Å². The van der Waals surface area contributed by atoms with Crippen LogP contribution >= 0.6 is 34.5 Å². The van der Waals surface area contributed by atoms with Gasteiger partial charge in [-0.15, -0.1) is 11.3 Å². The van der Waals surface area contributed by atoms with E-state index in [1.54, 1.807) is 18.3 Å². The number of phenolic OH excluding ortho intramolecular Hbond substituents is 1. The lowest BCUT2D eigenvalue weighted by Gasteiger charge is -2.08. The maximum atomic E-state index is 9.85. The summed E-state index contributed by atoms with van der Waals surface area (Å²) in [6, 6.07) is 10.7. The van der Waals surface area contributed by atoms with Crippen LogP contribution in [0.2, 0.25) is 10.0 Å². The minimum Gasteiger partial charge on any atom is -0.503 e. The molecule has 3 rings (SSSR count). The van der Waals surface area contributed by atoms with Crippen LogP contribution in [0.5, 0.6) is 11.5 Å². The fraction of sp³-hybridized carbons (Fsp3) is 0.111. The Morgan fingerprint density at radius 2 is 2.04 bits per heavy atom. The molecule has 0 aliphatic rings. The second-order valence-corrected chi connectivity index (χ2v) is 6.90. The molecule has 0 aliphatic carbocycles. The number of nitrogens with zero attached hydrogens (tertiary/aromatic N) is 2. The number of nitrogens with one attached hydrogen (secondary N) is 1. The minimum absolute atomic E-state index is 0.0776. The van der Waals surface area contributed by atoms with Gasteiger partial charge in [-0.1, -0.05) is 35.3 Å². The standard InChI is InChI=1S/C18H15Cl2N3O2S/c1-2-25-16-8-11(7-14(20)17(16)24)9-21-23-18-22-15(10-26-18)12-3-5-13(19)6-4-12/h3-10,24H,2H2,1H3,(H,22,23)/b21-9-. The molecule has 26 heavy (non-hydrogen) atoms.